The summed E-state index contributed by atoms with van der Waals surface area (Å²) in [6.07, 6.45) is 7.72. The zero-order chi connectivity index (χ0) is 11.4. The van der Waals surface area contributed by atoms with Crippen LogP contribution in [0.25, 0.3) is 0 Å². The average molecular weight is 223 g/mol. The van der Waals surface area contributed by atoms with E-state index in [1.165, 1.54) is 12.8 Å². The van der Waals surface area contributed by atoms with E-state index >= 15 is 0 Å². The van der Waals surface area contributed by atoms with Gasteiger partial charge in [0.25, 0.3) is 0 Å². The van der Waals surface area contributed by atoms with E-state index in [2.05, 4.69) is 21.8 Å². The first-order chi connectivity index (χ1) is 7.83. The summed E-state index contributed by atoms with van der Waals surface area (Å²) in [6.45, 7) is 4.08. The summed E-state index contributed by atoms with van der Waals surface area (Å²) in [5, 5.41) is 13.7. The van der Waals surface area contributed by atoms with Crippen LogP contribution in [0.3, 0.4) is 0 Å². The second-order valence-corrected chi connectivity index (χ2v) is 4.51. The maximum Gasteiger partial charge on any atom is 0.111 e. The number of nitrogens with one attached hydrogen (secondary N) is 1. The Bertz CT molecular complexity index is 318. The van der Waals surface area contributed by atoms with Crippen molar-refractivity contribution in [3.05, 3.63) is 18.2 Å². The topological polar surface area (TPSA) is 50.1 Å². The van der Waals surface area contributed by atoms with Gasteiger partial charge in [-0.05, 0) is 25.8 Å². The molecule has 1 fully saturated rings. The molecule has 1 aliphatic heterocycles. The molecule has 1 aromatic rings. The minimum absolute atomic E-state index is 0.195. The van der Waals surface area contributed by atoms with Crippen LogP contribution in [0.15, 0.2) is 12.5 Å². The quantitative estimate of drug-likeness (QED) is 0.812. The molecule has 2 atom stereocenters. The second-order valence-electron chi connectivity index (χ2n) is 4.51. The van der Waals surface area contributed by atoms with Crippen LogP contribution in [0.4, 0.5) is 0 Å². The normalized spacial score (nSPS) is 23.2. The highest BCUT2D eigenvalue weighted by atomic mass is 16.3. The van der Waals surface area contributed by atoms with Gasteiger partial charge in [0.1, 0.15) is 6.10 Å². The zero-order valence-electron chi connectivity index (χ0n) is 9.89. The van der Waals surface area contributed by atoms with Crippen molar-refractivity contribution in [2.75, 3.05) is 6.54 Å². The SMILES string of the molecule is CCCn1cncc1C(O)C1CCCCN1. The molecule has 0 amide bonds. The van der Waals surface area contributed by atoms with E-state index < -0.39 is 6.10 Å². The van der Waals surface area contributed by atoms with Crippen molar-refractivity contribution in [3.63, 3.8) is 0 Å². The molecular formula is C12H21N3O. The first-order valence-corrected chi connectivity index (χ1v) is 6.24. The molecule has 4 heteroatoms. The number of hydrogen-bond acceptors (Lipinski definition) is 3. The standard InChI is InChI=1S/C12H21N3O/c1-2-7-15-9-13-8-11(15)12(16)10-5-3-4-6-14-10/h8-10,12,14,16H,2-7H2,1H3. The van der Waals surface area contributed by atoms with Gasteiger partial charge in [0.05, 0.1) is 18.2 Å². The van der Waals surface area contributed by atoms with E-state index in [9.17, 15) is 5.11 Å². The smallest absolute Gasteiger partial charge is 0.111 e. The number of nitrogens with zero attached hydrogens (tertiary/aromatic N) is 2. The van der Waals surface area contributed by atoms with Crippen LogP contribution in [-0.2, 0) is 6.54 Å². The minimum Gasteiger partial charge on any atom is -0.385 e. The molecule has 0 spiro atoms. The fourth-order valence-corrected chi connectivity index (χ4v) is 2.36. The van der Waals surface area contributed by atoms with E-state index in [-0.39, 0.29) is 6.04 Å². The number of piperidine rings is 1. The summed E-state index contributed by atoms with van der Waals surface area (Å²) >= 11 is 0. The van der Waals surface area contributed by atoms with E-state index in [0.717, 1.165) is 31.6 Å². The number of hydrogen-bond donors (Lipinski definition) is 2. The predicted molar refractivity (Wildman–Crippen MR) is 63.1 cm³/mol. The molecule has 0 saturated carbocycles. The number of imidazole rings is 1. The van der Waals surface area contributed by atoms with Crippen LogP contribution in [-0.4, -0.2) is 27.2 Å². The van der Waals surface area contributed by atoms with Gasteiger partial charge in [-0.3, -0.25) is 0 Å². The summed E-state index contributed by atoms with van der Waals surface area (Å²) in [6, 6.07) is 0.195. The van der Waals surface area contributed by atoms with Gasteiger partial charge in [-0.15, -0.1) is 0 Å². The molecule has 2 unspecified atom stereocenters. The number of aryl methyl sites for hydroxylation is 1. The van der Waals surface area contributed by atoms with E-state index in [1.807, 2.05) is 6.33 Å². The molecule has 16 heavy (non-hydrogen) atoms. The lowest BCUT2D eigenvalue weighted by Crippen LogP contribution is -2.39. The van der Waals surface area contributed by atoms with Gasteiger partial charge in [-0.2, -0.15) is 0 Å². The van der Waals surface area contributed by atoms with Gasteiger partial charge in [0.2, 0.25) is 0 Å². The molecule has 2 rings (SSSR count). The van der Waals surface area contributed by atoms with Gasteiger partial charge >= 0.3 is 0 Å². The first-order valence-electron chi connectivity index (χ1n) is 6.24. The molecule has 2 heterocycles. The van der Waals surface area contributed by atoms with Gasteiger partial charge in [-0.25, -0.2) is 4.98 Å². The summed E-state index contributed by atoms with van der Waals surface area (Å²) in [7, 11) is 0. The number of aliphatic hydroxyl groups excluding tert-OH is 1. The molecule has 1 aromatic heterocycles. The molecular weight excluding hydrogens is 202 g/mol. The van der Waals surface area contributed by atoms with E-state index in [1.54, 1.807) is 6.20 Å². The highest BCUT2D eigenvalue weighted by Crippen LogP contribution is 2.22. The largest absolute Gasteiger partial charge is 0.385 e. The molecule has 0 aliphatic carbocycles. The maximum absolute atomic E-state index is 10.3. The third-order valence-electron chi connectivity index (χ3n) is 3.24. The Balaban J connectivity index is 2.06. The van der Waals surface area contributed by atoms with Crippen molar-refractivity contribution in [1.82, 2.24) is 14.9 Å². The van der Waals surface area contributed by atoms with E-state index in [4.69, 9.17) is 0 Å². The van der Waals surface area contributed by atoms with Crippen molar-refractivity contribution in [2.24, 2.45) is 0 Å². The van der Waals surface area contributed by atoms with Crippen molar-refractivity contribution < 1.29 is 5.11 Å². The third kappa shape index (κ3) is 2.44. The fourth-order valence-electron chi connectivity index (χ4n) is 2.36. The van der Waals surface area contributed by atoms with Crippen molar-refractivity contribution >= 4 is 0 Å². The van der Waals surface area contributed by atoms with Crippen LogP contribution in [0.5, 0.6) is 0 Å². The monoisotopic (exact) mass is 223 g/mol. The minimum atomic E-state index is -0.422. The molecule has 2 N–H and O–H groups in total. The van der Waals surface area contributed by atoms with Gasteiger partial charge in [-0.1, -0.05) is 13.3 Å². The van der Waals surface area contributed by atoms with Crippen LogP contribution in [0.2, 0.25) is 0 Å². The molecule has 4 nitrogen and oxygen atoms in total. The highest BCUT2D eigenvalue weighted by Gasteiger charge is 2.24. The Hall–Kier alpha value is -0.870. The highest BCUT2D eigenvalue weighted by molar-refractivity contribution is 5.06. The van der Waals surface area contributed by atoms with Crippen molar-refractivity contribution in [1.29, 1.82) is 0 Å². The first kappa shape index (κ1) is 11.6. The summed E-state index contributed by atoms with van der Waals surface area (Å²) in [5.41, 5.74) is 0.946. The lowest BCUT2D eigenvalue weighted by molar-refractivity contribution is 0.106. The Labute approximate surface area is 96.7 Å². The molecule has 0 radical (unpaired) electrons. The Morgan fingerprint density at radius 2 is 2.50 bits per heavy atom. The van der Waals surface area contributed by atoms with Gasteiger partial charge in [0, 0.05) is 12.6 Å². The summed E-state index contributed by atoms with van der Waals surface area (Å²) in [4.78, 5) is 4.13. The molecule has 1 aliphatic rings. The number of aliphatic hydroxyl groups is 1. The third-order valence-corrected chi connectivity index (χ3v) is 3.24. The van der Waals surface area contributed by atoms with Crippen LogP contribution >= 0.6 is 0 Å². The molecule has 1 saturated heterocycles. The molecule has 90 valence electrons. The van der Waals surface area contributed by atoms with Gasteiger partial charge in [0.15, 0.2) is 0 Å². The molecule has 0 bridgehead atoms. The Morgan fingerprint density at radius 1 is 1.62 bits per heavy atom. The van der Waals surface area contributed by atoms with Crippen molar-refractivity contribution in [2.45, 2.75) is 51.3 Å². The summed E-state index contributed by atoms with van der Waals surface area (Å²) in [5.74, 6) is 0. The van der Waals surface area contributed by atoms with Gasteiger partial charge < -0.3 is 15.0 Å². The van der Waals surface area contributed by atoms with E-state index in [0.29, 0.717) is 0 Å². The zero-order valence-corrected chi connectivity index (χ0v) is 9.89. The molecule has 0 aromatic carbocycles. The average Bonchev–Trinajstić information content (AvgIpc) is 2.78. The predicted octanol–water partition coefficient (Wildman–Crippen LogP) is 1.47. The van der Waals surface area contributed by atoms with Crippen LogP contribution in [0.1, 0.15) is 44.4 Å². The number of aromatic nitrogens is 2. The van der Waals surface area contributed by atoms with Crippen LogP contribution < -0.4 is 5.32 Å². The van der Waals surface area contributed by atoms with Crippen LogP contribution in [0, 0.1) is 0 Å². The maximum atomic E-state index is 10.3. The Kier molecular flexibility index (Phi) is 3.96. The number of rotatable bonds is 4. The Morgan fingerprint density at radius 3 is 3.19 bits per heavy atom. The fraction of sp³-hybridized carbons (Fsp3) is 0.750. The van der Waals surface area contributed by atoms with Crippen molar-refractivity contribution in [3.8, 4) is 0 Å². The lowest BCUT2D eigenvalue weighted by Gasteiger charge is -2.28. The lowest BCUT2D eigenvalue weighted by atomic mass is 9.98. The second kappa shape index (κ2) is 5.46. The summed E-state index contributed by atoms with van der Waals surface area (Å²) < 4.78 is 2.06.